The van der Waals surface area contributed by atoms with Crippen molar-refractivity contribution in [2.45, 2.75) is 26.7 Å². The molecule has 3 aromatic rings. The van der Waals surface area contributed by atoms with Crippen LogP contribution in [0.25, 0.3) is 21.9 Å². The predicted octanol–water partition coefficient (Wildman–Crippen LogP) is 4.90. The number of fused-ring (bicyclic) bond motifs is 1. The van der Waals surface area contributed by atoms with Gasteiger partial charge in [0.05, 0.1) is 6.61 Å². The van der Waals surface area contributed by atoms with Crippen LogP contribution in [0.1, 0.15) is 24.0 Å². The minimum atomic E-state index is 0.620. The van der Waals surface area contributed by atoms with Gasteiger partial charge in [-0.1, -0.05) is 47.5 Å². The smallest absolute Gasteiger partial charge is 0.221 e. The molecule has 0 saturated carbocycles. The second kappa shape index (κ2) is 7.46. The van der Waals surface area contributed by atoms with Crippen molar-refractivity contribution < 1.29 is 4.74 Å². The maximum atomic E-state index is 6.19. The Morgan fingerprint density at radius 2 is 1.81 bits per heavy atom. The number of hydrogen-bond donors (Lipinski definition) is 1. The van der Waals surface area contributed by atoms with Crippen LogP contribution in [0.5, 0.6) is 5.88 Å². The lowest BCUT2D eigenvalue weighted by Gasteiger charge is -2.23. The fourth-order valence-corrected chi connectivity index (χ4v) is 3.73. The molecule has 1 aliphatic rings. The number of pyridine rings is 1. The van der Waals surface area contributed by atoms with E-state index in [0.717, 1.165) is 36.5 Å². The monoisotopic (exact) mass is 346 g/mol. The van der Waals surface area contributed by atoms with Crippen LogP contribution < -0.4 is 10.1 Å². The molecule has 2 aromatic carbocycles. The van der Waals surface area contributed by atoms with Crippen molar-refractivity contribution in [2.75, 3.05) is 19.7 Å². The quantitative estimate of drug-likeness (QED) is 0.730. The van der Waals surface area contributed by atoms with E-state index in [4.69, 9.17) is 9.72 Å². The number of hydrogen-bond acceptors (Lipinski definition) is 3. The summed E-state index contributed by atoms with van der Waals surface area (Å²) in [6, 6.07) is 15.1. The van der Waals surface area contributed by atoms with Gasteiger partial charge in [-0.15, -0.1) is 0 Å². The molecule has 134 valence electrons. The van der Waals surface area contributed by atoms with Crippen LogP contribution in [-0.4, -0.2) is 24.7 Å². The van der Waals surface area contributed by atoms with Gasteiger partial charge in [0.15, 0.2) is 0 Å². The Hall–Kier alpha value is -2.39. The van der Waals surface area contributed by atoms with Crippen LogP contribution in [0.15, 0.2) is 48.7 Å². The molecular formula is C23H26N2O. The molecular weight excluding hydrogens is 320 g/mol. The highest BCUT2D eigenvalue weighted by atomic mass is 16.5. The van der Waals surface area contributed by atoms with Crippen LogP contribution in [0.2, 0.25) is 0 Å². The zero-order valence-electron chi connectivity index (χ0n) is 15.6. The van der Waals surface area contributed by atoms with Crippen molar-refractivity contribution in [3.05, 3.63) is 59.8 Å². The van der Waals surface area contributed by atoms with E-state index >= 15 is 0 Å². The molecule has 0 atom stereocenters. The Bertz CT molecular complexity index is 913. The zero-order valence-corrected chi connectivity index (χ0v) is 15.6. The van der Waals surface area contributed by atoms with E-state index in [9.17, 15) is 0 Å². The molecule has 3 heteroatoms. The van der Waals surface area contributed by atoms with E-state index in [1.165, 1.54) is 34.9 Å². The number of nitrogens with one attached hydrogen (secondary N) is 1. The average Bonchev–Trinajstić information content (AvgIpc) is 2.67. The topological polar surface area (TPSA) is 34.1 Å². The van der Waals surface area contributed by atoms with Gasteiger partial charge in [0.2, 0.25) is 5.88 Å². The Labute approximate surface area is 155 Å². The molecule has 4 rings (SSSR count). The molecule has 26 heavy (non-hydrogen) atoms. The summed E-state index contributed by atoms with van der Waals surface area (Å²) < 4.78 is 6.19. The van der Waals surface area contributed by atoms with Crippen LogP contribution in [-0.2, 0) is 0 Å². The highest BCUT2D eigenvalue weighted by molar-refractivity contribution is 5.99. The van der Waals surface area contributed by atoms with Crippen molar-refractivity contribution in [1.82, 2.24) is 10.3 Å². The van der Waals surface area contributed by atoms with Gasteiger partial charge in [-0.05, 0) is 62.7 Å². The van der Waals surface area contributed by atoms with Crippen molar-refractivity contribution in [2.24, 2.45) is 5.92 Å². The first-order chi connectivity index (χ1) is 12.7. The van der Waals surface area contributed by atoms with Crippen LogP contribution in [0, 0.1) is 19.8 Å². The fraction of sp³-hybridized carbons (Fsp3) is 0.348. The molecule has 1 saturated heterocycles. The van der Waals surface area contributed by atoms with Crippen molar-refractivity contribution in [3.8, 4) is 17.0 Å². The van der Waals surface area contributed by atoms with Crippen molar-refractivity contribution in [1.29, 1.82) is 0 Å². The highest BCUT2D eigenvalue weighted by Crippen LogP contribution is 2.34. The minimum Gasteiger partial charge on any atom is -0.477 e. The van der Waals surface area contributed by atoms with Crippen LogP contribution in [0.3, 0.4) is 0 Å². The summed E-state index contributed by atoms with van der Waals surface area (Å²) in [5.74, 6) is 1.38. The molecule has 1 fully saturated rings. The van der Waals surface area contributed by atoms with Gasteiger partial charge in [-0.25, -0.2) is 4.98 Å². The van der Waals surface area contributed by atoms with E-state index in [2.05, 4.69) is 61.6 Å². The number of aryl methyl sites for hydroxylation is 2. The number of piperidine rings is 1. The summed E-state index contributed by atoms with van der Waals surface area (Å²) in [6.45, 7) is 7.18. The van der Waals surface area contributed by atoms with E-state index < -0.39 is 0 Å². The predicted molar refractivity (Wildman–Crippen MR) is 108 cm³/mol. The lowest BCUT2D eigenvalue weighted by Crippen LogP contribution is -2.30. The Morgan fingerprint density at radius 3 is 2.62 bits per heavy atom. The first-order valence-electron chi connectivity index (χ1n) is 9.50. The second-order valence-corrected chi connectivity index (χ2v) is 7.40. The first-order valence-corrected chi connectivity index (χ1v) is 9.50. The third-order valence-electron chi connectivity index (χ3n) is 5.25. The van der Waals surface area contributed by atoms with Gasteiger partial charge >= 0.3 is 0 Å². The molecule has 0 aliphatic carbocycles. The molecule has 0 unspecified atom stereocenters. The summed E-state index contributed by atoms with van der Waals surface area (Å²) in [6.07, 6.45) is 4.32. The largest absolute Gasteiger partial charge is 0.477 e. The van der Waals surface area contributed by atoms with E-state index in [1.807, 2.05) is 6.20 Å². The third kappa shape index (κ3) is 3.58. The molecule has 1 N–H and O–H groups in total. The molecule has 0 bridgehead atoms. The summed E-state index contributed by atoms with van der Waals surface area (Å²) >= 11 is 0. The van der Waals surface area contributed by atoms with E-state index in [0.29, 0.717) is 5.92 Å². The lowest BCUT2D eigenvalue weighted by atomic mass is 9.98. The maximum Gasteiger partial charge on any atom is 0.221 e. The number of rotatable bonds is 4. The van der Waals surface area contributed by atoms with Crippen molar-refractivity contribution >= 4 is 10.8 Å². The highest BCUT2D eigenvalue weighted by Gasteiger charge is 2.16. The molecule has 0 spiro atoms. The van der Waals surface area contributed by atoms with Gasteiger partial charge in [0.25, 0.3) is 0 Å². The summed E-state index contributed by atoms with van der Waals surface area (Å²) in [5, 5.41) is 5.72. The summed E-state index contributed by atoms with van der Waals surface area (Å²) in [4.78, 5) is 4.70. The van der Waals surface area contributed by atoms with Crippen LogP contribution in [0.4, 0.5) is 0 Å². The summed E-state index contributed by atoms with van der Waals surface area (Å²) in [5.41, 5.74) is 4.86. The van der Waals surface area contributed by atoms with Gasteiger partial charge in [0, 0.05) is 17.1 Å². The number of aromatic nitrogens is 1. The van der Waals surface area contributed by atoms with Gasteiger partial charge in [-0.3, -0.25) is 0 Å². The fourth-order valence-electron chi connectivity index (χ4n) is 3.73. The third-order valence-corrected chi connectivity index (χ3v) is 5.25. The molecule has 1 aliphatic heterocycles. The first kappa shape index (κ1) is 17.0. The van der Waals surface area contributed by atoms with Gasteiger partial charge in [0.1, 0.15) is 0 Å². The number of ether oxygens (including phenoxy) is 1. The Balaban J connectivity index is 1.70. The second-order valence-electron chi connectivity index (χ2n) is 7.40. The molecule has 0 amide bonds. The Kier molecular flexibility index (Phi) is 4.89. The van der Waals surface area contributed by atoms with Gasteiger partial charge < -0.3 is 10.1 Å². The maximum absolute atomic E-state index is 6.19. The van der Waals surface area contributed by atoms with E-state index in [1.54, 1.807) is 0 Å². The zero-order chi connectivity index (χ0) is 17.9. The number of benzene rings is 2. The standard InChI is InChI=1S/C23H26N2O/c1-16-4-3-5-19(12-16)22-14-25-23(21-13-17(2)6-7-20(21)22)26-15-18-8-10-24-11-9-18/h3-7,12-14,18,24H,8-11,15H2,1-2H3. The van der Waals surface area contributed by atoms with E-state index in [-0.39, 0.29) is 0 Å². The molecule has 2 heterocycles. The average molecular weight is 346 g/mol. The number of nitrogens with zero attached hydrogens (tertiary/aromatic N) is 1. The van der Waals surface area contributed by atoms with Gasteiger partial charge in [-0.2, -0.15) is 0 Å². The summed E-state index contributed by atoms with van der Waals surface area (Å²) in [7, 11) is 0. The molecule has 0 radical (unpaired) electrons. The molecule has 1 aromatic heterocycles. The Morgan fingerprint density at radius 1 is 1.00 bits per heavy atom. The van der Waals surface area contributed by atoms with Crippen LogP contribution >= 0.6 is 0 Å². The minimum absolute atomic E-state index is 0.620. The molecule has 3 nitrogen and oxygen atoms in total. The SMILES string of the molecule is Cc1cccc(-c2cnc(OCC3CCNCC3)c3cc(C)ccc23)c1. The lowest BCUT2D eigenvalue weighted by molar-refractivity contribution is 0.211. The van der Waals surface area contributed by atoms with Crippen molar-refractivity contribution in [3.63, 3.8) is 0 Å². The normalized spacial score (nSPS) is 15.3.